The maximum atomic E-state index is 11.5. The van der Waals surface area contributed by atoms with Crippen LogP contribution in [0.3, 0.4) is 0 Å². The van der Waals surface area contributed by atoms with Crippen LogP contribution in [-0.2, 0) is 56.3 Å². The number of ether oxygens (including phenoxy) is 9. The lowest BCUT2D eigenvalue weighted by Gasteiger charge is -2.23. The highest BCUT2D eigenvalue weighted by Gasteiger charge is 2.40. The molecule has 0 aromatic carbocycles. The van der Waals surface area contributed by atoms with Crippen molar-refractivity contribution in [3.63, 3.8) is 0 Å². The monoisotopic (exact) mass is 813 g/mol. The van der Waals surface area contributed by atoms with Gasteiger partial charge in [-0.1, -0.05) is 0 Å². The van der Waals surface area contributed by atoms with Crippen molar-refractivity contribution in [3.05, 3.63) is 35.6 Å². The van der Waals surface area contributed by atoms with Crippen LogP contribution in [0.15, 0.2) is 35.6 Å². The highest BCUT2D eigenvalue weighted by Crippen LogP contribution is 2.41. The normalized spacial score (nSPS) is 33.5. The van der Waals surface area contributed by atoms with Crippen LogP contribution in [0.5, 0.6) is 0 Å². The lowest BCUT2D eigenvalue weighted by molar-refractivity contribution is -0.0659. The fourth-order valence-electron chi connectivity index (χ4n) is 4.91. The molecular weight excluding hydrogens is 749 g/mol. The van der Waals surface area contributed by atoms with E-state index < -0.39 is 70.8 Å². The summed E-state index contributed by atoms with van der Waals surface area (Å²) in [7, 11) is -7.48. The van der Waals surface area contributed by atoms with Gasteiger partial charge in [-0.3, -0.25) is 13.7 Å². The van der Waals surface area contributed by atoms with Gasteiger partial charge in [-0.25, -0.2) is 0 Å². The van der Waals surface area contributed by atoms with Gasteiger partial charge < -0.3 is 67.3 Å². The minimum absolute atomic E-state index is 0.0120. The van der Waals surface area contributed by atoms with Crippen LogP contribution in [0, 0.1) is 0 Å². The molecule has 0 aromatic heterocycles. The molecule has 3 fully saturated rings. The summed E-state index contributed by atoms with van der Waals surface area (Å²) in [5.41, 5.74) is 0. The smallest absolute Gasteiger partial charge is 0.348 e. The van der Waals surface area contributed by atoms with Crippen molar-refractivity contribution < 1.29 is 85.1 Å². The Morgan fingerprint density at radius 1 is 0.635 bits per heavy atom. The van der Waals surface area contributed by atoms with Crippen molar-refractivity contribution >= 4 is 22.3 Å². The molecule has 3 aliphatic rings. The molecule has 0 radical (unpaired) electrons. The van der Waals surface area contributed by atoms with E-state index in [4.69, 9.17) is 61.6 Å². The van der Waals surface area contributed by atoms with Crippen LogP contribution in [0.1, 0.15) is 45.7 Å². The Labute approximate surface area is 311 Å². The molecule has 306 valence electrons. The van der Waals surface area contributed by atoms with E-state index in [0.29, 0.717) is 6.61 Å². The van der Waals surface area contributed by atoms with Gasteiger partial charge in [-0.05, 0) is 65.6 Å². The Balaban J connectivity index is 0.000000413. The summed E-state index contributed by atoms with van der Waals surface area (Å²) in [6, 6.07) is 0. The molecule has 5 N–H and O–H groups in total. The molecule has 17 nitrogen and oxygen atoms in total. The van der Waals surface area contributed by atoms with E-state index >= 15 is 0 Å². The van der Waals surface area contributed by atoms with Crippen LogP contribution in [0.4, 0.5) is 0 Å². The average molecular weight is 814 g/mol. The first kappa shape index (κ1) is 44.1. The number of aliphatic hydroxyl groups excluding tert-OH is 1. The van der Waals surface area contributed by atoms with E-state index in [1.54, 1.807) is 7.11 Å². The minimum atomic E-state index is -4.55. The molecular formula is C32H61O17P3. The number of hydrogen-bond donors (Lipinski definition) is 5. The molecule has 3 aliphatic heterocycles. The van der Waals surface area contributed by atoms with Crippen LogP contribution in [0.2, 0.25) is 0 Å². The van der Waals surface area contributed by atoms with Gasteiger partial charge in [0.2, 0.25) is 14.7 Å². The first-order valence-corrected chi connectivity index (χ1v) is 22.1. The molecule has 0 spiro atoms. The van der Waals surface area contributed by atoms with Crippen LogP contribution in [-0.4, -0.2) is 152 Å². The van der Waals surface area contributed by atoms with E-state index in [1.807, 2.05) is 41.5 Å². The van der Waals surface area contributed by atoms with Crippen LogP contribution < -0.4 is 0 Å². The number of aliphatic hydroxyl groups is 1. The van der Waals surface area contributed by atoms with Crippen molar-refractivity contribution in [3.8, 4) is 0 Å². The number of rotatable bonds is 16. The lowest BCUT2D eigenvalue weighted by atomic mass is 10.1. The Morgan fingerprint density at radius 3 is 1.19 bits per heavy atom. The van der Waals surface area contributed by atoms with Gasteiger partial charge in [0.25, 0.3) is 0 Å². The molecule has 0 aromatic rings. The second kappa shape index (κ2) is 23.4. The average Bonchev–Trinajstić information content (AvgIpc) is 3.76. The molecule has 0 saturated carbocycles. The topological polar surface area (TPSA) is 235 Å². The van der Waals surface area contributed by atoms with Gasteiger partial charge >= 0.3 is 7.60 Å². The molecule has 52 heavy (non-hydrogen) atoms. The molecule has 0 amide bonds. The quantitative estimate of drug-likeness (QED) is 0.140. The number of methoxy groups -OCH3 is 3. The van der Waals surface area contributed by atoms with Gasteiger partial charge in [0, 0.05) is 39.6 Å². The second-order valence-corrected chi connectivity index (χ2v) is 18.1. The van der Waals surface area contributed by atoms with E-state index in [-0.39, 0.29) is 61.7 Å². The Hall–Kier alpha value is -0.650. The van der Waals surface area contributed by atoms with E-state index in [9.17, 15) is 23.5 Å². The van der Waals surface area contributed by atoms with Crippen LogP contribution >= 0.6 is 22.3 Å². The maximum Gasteiger partial charge on any atom is 0.348 e. The lowest BCUT2D eigenvalue weighted by Crippen LogP contribution is -2.35. The van der Waals surface area contributed by atoms with Gasteiger partial charge in [0.15, 0.2) is 0 Å². The van der Waals surface area contributed by atoms with E-state index in [0.717, 1.165) is 12.7 Å². The Bertz CT molecular complexity index is 1330. The molecule has 3 rings (SSSR count). The van der Waals surface area contributed by atoms with Gasteiger partial charge in [0.1, 0.15) is 61.3 Å². The van der Waals surface area contributed by atoms with Gasteiger partial charge in [-0.2, -0.15) is 0 Å². The molecule has 20 heteroatoms. The molecule has 3 saturated heterocycles. The summed E-state index contributed by atoms with van der Waals surface area (Å²) in [5.74, 6) is -1.61. The zero-order valence-corrected chi connectivity index (χ0v) is 34.1. The third kappa shape index (κ3) is 19.3. The first-order chi connectivity index (χ1) is 25.3. The Morgan fingerprint density at radius 2 is 0.942 bits per heavy atom. The second-order valence-electron chi connectivity index (χ2n) is 12.8. The predicted molar refractivity (Wildman–Crippen MR) is 194 cm³/mol. The Kier molecular flexibility index (Phi) is 19.9. The van der Waals surface area contributed by atoms with Crippen molar-refractivity contribution in [1.29, 1.82) is 0 Å². The summed E-state index contributed by atoms with van der Waals surface area (Å²) in [4.78, 5) is 36.4. The summed E-state index contributed by atoms with van der Waals surface area (Å²) in [6.07, 6.45) is -1.40. The molecule has 2 unspecified atom stereocenters. The predicted octanol–water partition coefficient (Wildman–Crippen LogP) is 3.42. The summed E-state index contributed by atoms with van der Waals surface area (Å²) in [5, 5.41) is 8.78. The number of hydrogen-bond acceptors (Lipinski definition) is 13. The molecule has 0 bridgehead atoms. The fraction of sp³-hybridized carbons (Fsp3) is 0.812. The largest absolute Gasteiger partial charge is 0.386 e. The van der Waals surface area contributed by atoms with Crippen molar-refractivity contribution in [1.82, 2.24) is 0 Å². The zero-order valence-electron chi connectivity index (χ0n) is 34.5. The molecule has 3 heterocycles. The highest BCUT2D eigenvalue weighted by molar-refractivity contribution is 7.61. The summed E-state index contributed by atoms with van der Waals surface area (Å²) in [6.45, 7) is 13.2. The molecule has 0 aliphatic carbocycles. The zero-order chi connectivity index (χ0) is 42.5. The third-order valence-electron chi connectivity index (χ3n) is 7.14. The third-order valence-corrected chi connectivity index (χ3v) is 9.19. The summed E-state index contributed by atoms with van der Waals surface area (Å²) < 4.78 is 105. The van der Waals surface area contributed by atoms with E-state index in [1.165, 1.54) is 26.4 Å². The van der Waals surface area contributed by atoms with Crippen molar-refractivity contribution in [2.45, 2.75) is 115 Å². The standard InChI is InChI=1S/C11H21O6P.C11H21O5P.C10H19O6P/c1-8(2)17-11-9(16-6-10(11)15-3)4-5-18(13,14)7-12;1-8(2)16-11-9(5-6-17(4,12)13)15-7-10(11)14-3;1-7(2)16-10-8(4-5-17(11,12)13)15-6-9(10)14-3/h4-5,8-12H,6-7H2,1-3H3,(H,13,14);5-6,8-11H,7H2,1-4H3,(H,12,13);4-5,7-10H,6H2,1-3H3,(H2,11,12,13)/b5-4+;6-5+;5-4+/t2*9-,10+,11-;8-,9+,10-/m111/s1/i5D;6D;5D. The highest BCUT2D eigenvalue weighted by atomic mass is 31.2. The van der Waals surface area contributed by atoms with Crippen molar-refractivity contribution in [2.24, 2.45) is 0 Å². The van der Waals surface area contributed by atoms with Gasteiger partial charge in [-0.15, -0.1) is 0 Å². The minimum Gasteiger partial charge on any atom is -0.386 e. The summed E-state index contributed by atoms with van der Waals surface area (Å²) >= 11 is 0. The van der Waals surface area contributed by atoms with Crippen LogP contribution in [0.25, 0.3) is 0 Å². The van der Waals surface area contributed by atoms with E-state index in [2.05, 4.69) is 0 Å². The molecule has 11 atom stereocenters. The SMILES string of the molecule is [2H]/C(=C\[C@H]1OC[C@H](OC)[C@@H]1OC(C)C)P(=O)(O)CO.[2H]/C(=C\[C@H]1OC[C@H](OC)[C@@H]1OC(C)C)P(=O)(O)O.[2H]/C(=C\[C@H]1OC[C@H](OC)[C@@H]1OC(C)C)P(C)(=O)O. The first-order valence-electron chi connectivity index (χ1n) is 18.1. The maximum absolute atomic E-state index is 11.5. The fourth-order valence-corrected chi connectivity index (χ4v) is 6.13. The van der Waals surface area contributed by atoms with Gasteiger partial charge in [0.05, 0.1) is 42.2 Å². The van der Waals surface area contributed by atoms with Crippen molar-refractivity contribution in [2.75, 3.05) is 54.2 Å².